The monoisotopic (exact) mass is 354 g/mol. The van der Waals surface area contributed by atoms with Crippen LogP contribution in [0, 0.1) is 12.7 Å². The molecule has 1 aromatic carbocycles. The summed E-state index contributed by atoms with van der Waals surface area (Å²) in [5, 5.41) is 14.1. The van der Waals surface area contributed by atoms with Crippen LogP contribution in [0.3, 0.4) is 0 Å². The Morgan fingerprint density at radius 3 is 2.85 bits per heavy atom. The smallest absolute Gasteiger partial charge is 0.244 e. The quantitative estimate of drug-likeness (QED) is 0.776. The maximum atomic E-state index is 13.8. The third kappa shape index (κ3) is 3.36. The molecule has 7 heteroatoms. The molecule has 2 aromatic heterocycles. The molecule has 0 spiro atoms. The van der Waals surface area contributed by atoms with Crippen LogP contribution < -0.4 is 0 Å². The first-order chi connectivity index (χ1) is 12.6. The minimum absolute atomic E-state index is 0.172. The van der Waals surface area contributed by atoms with E-state index in [4.69, 9.17) is 4.52 Å². The lowest BCUT2D eigenvalue weighted by Crippen LogP contribution is -2.24. The second kappa shape index (κ2) is 6.93. The summed E-state index contributed by atoms with van der Waals surface area (Å²) < 4.78 is 19.2. The number of β-amino-alcohol motifs (C(OH)–C–C–N with tert-alkyl or cyclic N) is 1. The Bertz CT molecular complexity index is 900. The van der Waals surface area contributed by atoms with E-state index in [9.17, 15) is 9.50 Å². The molecular weight excluding hydrogens is 335 g/mol. The third-order valence-corrected chi connectivity index (χ3v) is 4.67. The summed E-state index contributed by atoms with van der Waals surface area (Å²) in [4.78, 5) is 10.6. The Kier molecular flexibility index (Phi) is 4.48. The van der Waals surface area contributed by atoms with Crippen LogP contribution in [0.1, 0.15) is 29.5 Å². The van der Waals surface area contributed by atoms with Gasteiger partial charge in [0.1, 0.15) is 5.82 Å². The average Bonchev–Trinajstić information content (AvgIpc) is 3.25. The second-order valence-corrected chi connectivity index (χ2v) is 6.61. The summed E-state index contributed by atoms with van der Waals surface area (Å²) in [5.74, 6) is 0.486. The van der Waals surface area contributed by atoms with E-state index in [0.29, 0.717) is 42.4 Å². The minimum atomic E-state index is -0.450. The van der Waals surface area contributed by atoms with E-state index >= 15 is 0 Å². The fourth-order valence-corrected chi connectivity index (χ4v) is 3.25. The molecule has 0 unspecified atom stereocenters. The zero-order valence-electron chi connectivity index (χ0n) is 14.3. The standard InChI is InChI=1S/C19H19FN4O2/c1-12-2-3-14(8-16(12)20)18-22-19(26-23-18)17-9-15(25)11-24(17)10-13-4-6-21-7-5-13/h2-8,15,17,25H,9-11H2,1H3/t15-,17+/m1/s1. The van der Waals surface area contributed by atoms with Crippen LogP contribution in [-0.2, 0) is 6.54 Å². The van der Waals surface area contributed by atoms with Crippen molar-refractivity contribution in [2.75, 3.05) is 6.54 Å². The van der Waals surface area contributed by atoms with Gasteiger partial charge >= 0.3 is 0 Å². The number of hydrogen-bond acceptors (Lipinski definition) is 6. The first-order valence-corrected chi connectivity index (χ1v) is 8.51. The Morgan fingerprint density at radius 2 is 2.08 bits per heavy atom. The number of aliphatic hydroxyl groups excluding tert-OH is 1. The Hall–Kier alpha value is -2.64. The molecule has 0 amide bonds. The zero-order chi connectivity index (χ0) is 18.1. The predicted octanol–water partition coefficient (Wildman–Crippen LogP) is 2.89. The van der Waals surface area contributed by atoms with Crippen molar-refractivity contribution in [1.82, 2.24) is 20.0 Å². The van der Waals surface area contributed by atoms with E-state index < -0.39 is 6.10 Å². The summed E-state index contributed by atoms with van der Waals surface area (Å²) >= 11 is 0. The zero-order valence-corrected chi connectivity index (χ0v) is 14.3. The van der Waals surface area contributed by atoms with Crippen molar-refractivity contribution < 1.29 is 14.0 Å². The minimum Gasteiger partial charge on any atom is -0.392 e. The lowest BCUT2D eigenvalue weighted by atomic mass is 10.1. The van der Waals surface area contributed by atoms with Gasteiger partial charge in [0, 0.05) is 31.0 Å². The lowest BCUT2D eigenvalue weighted by molar-refractivity contribution is 0.169. The third-order valence-electron chi connectivity index (χ3n) is 4.67. The highest BCUT2D eigenvalue weighted by Crippen LogP contribution is 2.33. The molecule has 1 aliphatic rings. The Morgan fingerprint density at radius 1 is 1.27 bits per heavy atom. The molecule has 3 aromatic rings. The van der Waals surface area contributed by atoms with Gasteiger partial charge < -0.3 is 9.63 Å². The SMILES string of the molecule is Cc1ccc(-c2noc([C@@H]3C[C@@H](O)CN3Cc3ccncc3)n2)cc1F. The van der Waals surface area contributed by atoms with Crippen LogP contribution in [0.2, 0.25) is 0 Å². The Labute approximate surface area is 150 Å². The van der Waals surface area contributed by atoms with Gasteiger partial charge in [0.25, 0.3) is 0 Å². The number of rotatable bonds is 4. The molecule has 6 nitrogen and oxygen atoms in total. The summed E-state index contributed by atoms with van der Waals surface area (Å²) in [6.45, 7) is 2.89. The molecule has 1 fully saturated rings. The van der Waals surface area contributed by atoms with E-state index in [1.165, 1.54) is 6.07 Å². The van der Waals surface area contributed by atoms with Crippen molar-refractivity contribution in [3.05, 3.63) is 65.6 Å². The molecule has 26 heavy (non-hydrogen) atoms. The highest BCUT2D eigenvalue weighted by molar-refractivity contribution is 5.55. The lowest BCUT2D eigenvalue weighted by Gasteiger charge is -2.20. The predicted molar refractivity (Wildman–Crippen MR) is 92.4 cm³/mol. The number of likely N-dealkylation sites (tertiary alicyclic amines) is 1. The van der Waals surface area contributed by atoms with Crippen molar-refractivity contribution in [1.29, 1.82) is 0 Å². The highest BCUT2D eigenvalue weighted by Gasteiger charge is 2.35. The number of nitrogens with zero attached hydrogens (tertiary/aromatic N) is 4. The highest BCUT2D eigenvalue weighted by atomic mass is 19.1. The van der Waals surface area contributed by atoms with Gasteiger partial charge in [-0.15, -0.1) is 0 Å². The van der Waals surface area contributed by atoms with E-state index in [0.717, 1.165) is 5.56 Å². The number of hydrogen-bond donors (Lipinski definition) is 1. The number of pyridine rings is 1. The molecule has 0 bridgehead atoms. The second-order valence-electron chi connectivity index (χ2n) is 6.61. The molecule has 0 radical (unpaired) electrons. The number of aryl methyl sites for hydroxylation is 1. The number of benzene rings is 1. The topological polar surface area (TPSA) is 75.3 Å². The molecular formula is C19H19FN4O2. The first-order valence-electron chi connectivity index (χ1n) is 8.51. The maximum absolute atomic E-state index is 13.8. The Balaban J connectivity index is 1.57. The fourth-order valence-electron chi connectivity index (χ4n) is 3.25. The van der Waals surface area contributed by atoms with Gasteiger partial charge in [0.05, 0.1) is 12.1 Å². The van der Waals surface area contributed by atoms with Crippen LogP contribution in [0.5, 0.6) is 0 Å². The molecule has 2 atom stereocenters. The van der Waals surface area contributed by atoms with Crippen molar-refractivity contribution >= 4 is 0 Å². The molecule has 4 rings (SSSR count). The average molecular weight is 354 g/mol. The molecule has 134 valence electrons. The summed E-state index contributed by atoms with van der Waals surface area (Å²) in [5.41, 5.74) is 2.24. The van der Waals surface area contributed by atoms with E-state index in [1.807, 2.05) is 12.1 Å². The fraction of sp³-hybridized carbons (Fsp3) is 0.316. The van der Waals surface area contributed by atoms with Crippen LogP contribution in [-0.4, -0.2) is 37.8 Å². The first kappa shape index (κ1) is 16.8. The van der Waals surface area contributed by atoms with Crippen LogP contribution in [0.15, 0.2) is 47.2 Å². The molecule has 1 saturated heterocycles. The van der Waals surface area contributed by atoms with Gasteiger partial charge in [-0.3, -0.25) is 9.88 Å². The number of aliphatic hydroxyl groups is 1. The van der Waals surface area contributed by atoms with E-state index in [1.54, 1.807) is 31.5 Å². The van der Waals surface area contributed by atoms with E-state index in [-0.39, 0.29) is 11.9 Å². The number of aromatic nitrogens is 3. The summed E-state index contributed by atoms with van der Waals surface area (Å²) in [6.07, 6.45) is 3.56. The molecule has 0 aliphatic carbocycles. The van der Waals surface area contributed by atoms with Gasteiger partial charge in [-0.25, -0.2) is 4.39 Å². The molecule has 1 aliphatic heterocycles. The molecule has 1 N–H and O–H groups in total. The van der Waals surface area contributed by atoms with Gasteiger partial charge in [-0.2, -0.15) is 4.98 Å². The van der Waals surface area contributed by atoms with Gasteiger partial charge in [0.15, 0.2) is 0 Å². The molecule has 0 saturated carbocycles. The molecule has 3 heterocycles. The van der Waals surface area contributed by atoms with Crippen molar-refractivity contribution in [2.24, 2.45) is 0 Å². The van der Waals surface area contributed by atoms with Gasteiger partial charge in [-0.1, -0.05) is 17.3 Å². The van der Waals surface area contributed by atoms with Gasteiger partial charge in [-0.05, 0) is 42.7 Å². The van der Waals surface area contributed by atoms with Crippen molar-refractivity contribution in [3.63, 3.8) is 0 Å². The van der Waals surface area contributed by atoms with Crippen LogP contribution >= 0.6 is 0 Å². The summed E-state index contributed by atoms with van der Waals surface area (Å²) in [7, 11) is 0. The van der Waals surface area contributed by atoms with Crippen LogP contribution in [0.25, 0.3) is 11.4 Å². The maximum Gasteiger partial charge on any atom is 0.244 e. The normalized spacial score (nSPS) is 20.6. The van der Waals surface area contributed by atoms with Crippen molar-refractivity contribution in [3.8, 4) is 11.4 Å². The number of halogens is 1. The van der Waals surface area contributed by atoms with Crippen LogP contribution in [0.4, 0.5) is 4.39 Å². The van der Waals surface area contributed by atoms with E-state index in [2.05, 4.69) is 20.0 Å². The largest absolute Gasteiger partial charge is 0.392 e. The van der Waals surface area contributed by atoms with Crippen molar-refractivity contribution in [2.45, 2.75) is 32.0 Å². The summed E-state index contributed by atoms with van der Waals surface area (Å²) in [6, 6.07) is 8.57. The van der Waals surface area contributed by atoms with Gasteiger partial charge in [0.2, 0.25) is 11.7 Å².